The fourth-order valence-corrected chi connectivity index (χ4v) is 5.25. The molecule has 34 heavy (non-hydrogen) atoms. The molecule has 174 valence electrons. The zero-order valence-corrected chi connectivity index (χ0v) is 19.1. The van der Waals surface area contributed by atoms with Gasteiger partial charge in [0, 0.05) is 43.1 Å². The van der Waals surface area contributed by atoms with Crippen molar-refractivity contribution in [3.05, 3.63) is 89.7 Å². The SMILES string of the molecule is N#CCc1ccc(NC(=O)c2cccc(S(=O)(=O)N3CCN(c4ccc(F)cc4)CC3)c2)cc1. The summed E-state index contributed by atoms with van der Waals surface area (Å²) < 4.78 is 41.0. The minimum absolute atomic E-state index is 0.0553. The number of anilines is 2. The van der Waals surface area contributed by atoms with Gasteiger partial charge in [0.1, 0.15) is 5.82 Å². The first-order valence-corrected chi connectivity index (χ1v) is 12.2. The molecule has 1 amide bonds. The molecule has 1 saturated heterocycles. The third kappa shape index (κ3) is 5.25. The molecule has 4 rings (SSSR count). The van der Waals surface area contributed by atoms with Crippen molar-refractivity contribution in [2.75, 3.05) is 36.4 Å². The number of hydrogen-bond acceptors (Lipinski definition) is 5. The Morgan fingerprint density at radius 2 is 1.65 bits per heavy atom. The average molecular weight is 479 g/mol. The molecule has 1 N–H and O–H groups in total. The molecule has 1 fully saturated rings. The van der Waals surface area contributed by atoms with Gasteiger partial charge in [0.2, 0.25) is 10.0 Å². The highest BCUT2D eigenvalue weighted by atomic mass is 32.2. The number of hydrogen-bond donors (Lipinski definition) is 1. The summed E-state index contributed by atoms with van der Waals surface area (Å²) in [5, 5.41) is 11.5. The average Bonchev–Trinajstić information content (AvgIpc) is 2.86. The molecule has 9 heteroatoms. The first kappa shape index (κ1) is 23.4. The van der Waals surface area contributed by atoms with Crippen molar-refractivity contribution in [2.45, 2.75) is 11.3 Å². The van der Waals surface area contributed by atoms with Crippen LogP contribution in [0.5, 0.6) is 0 Å². The maximum Gasteiger partial charge on any atom is 0.255 e. The topological polar surface area (TPSA) is 93.5 Å². The molecule has 0 aliphatic carbocycles. The fraction of sp³-hybridized carbons (Fsp3) is 0.200. The van der Waals surface area contributed by atoms with Gasteiger partial charge in [-0.2, -0.15) is 9.57 Å². The molecular weight excluding hydrogens is 455 g/mol. The number of rotatable bonds is 6. The molecule has 0 radical (unpaired) electrons. The number of halogens is 1. The Balaban J connectivity index is 1.43. The van der Waals surface area contributed by atoms with Crippen molar-refractivity contribution in [3.8, 4) is 6.07 Å². The van der Waals surface area contributed by atoms with Crippen molar-refractivity contribution in [1.82, 2.24) is 4.31 Å². The zero-order chi connectivity index (χ0) is 24.1. The molecule has 1 aliphatic rings. The van der Waals surface area contributed by atoms with Gasteiger partial charge in [-0.3, -0.25) is 4.79 Å². The number of piperazine rings is 1. The number of nitrogens with zero attached hydrogens (tertiary/aromatic N) is 3. The van der Waals surface area contributed by atoms with Crippen molar-refractivity contribution < 1.29 is 17.6 Å². The van der Waals surface area contributed by atoms with Gasteiger partial charge >= 0.3 is 0 Å². The molecule has 3 aromatic carbocycles. The van der Waals surface area contributed by atoms with E-state index in [-0.39, 0.29) is 35.8 Å². The van der Waals surface area contributed by atoms with Crippen LogP contribution in [-0.2, 0) is 16.4 Å². The summed E-state index contributed by atoms with van der Waals surface area (Å²) in [6.07, 6.45) is 0.284. The highest BCUT2D eigenvalue weighted by molar-refractivity contribution is 7.89. The van der Waals surface area contributed by atoms with Gasteiger partial charge in [-0.25, -0.2) is 12.8 Å². The predicted octanol–water partition coefficient (Wildman–Crippen LogP) is 3.65. The maximum atomic E-state index is 13.2. The van der Waals surface area contributed by atoms with Crippen LogP contribution in [-0.4, -0.2) is 44.8 Å². The summed E-state index contributed by atoms with van der Waals surface area (Å²) in [7, 11) is -3.78. The summed E-state index contributed by atoms with van der Waals surface area (Å²) in [4.78, 5) is 14.8. The van der Waals surface area contributed by atoms with E-state index in [0.29, 0.717) is 18.8 Å². The Morgan fingerprint density at radius 1 is 0.971 bits per heavy atom. The molecule has 0 bridgehead atoms. The monoisotopic (exact) mass is 478 g/mol. The molecular formula is C25H23FN4O3S. The first-order chi connectivity index (χ1) is 16.4. The van der Waals surface area contributed by atoms with E-state index in [9.17, 15) is 17.6 Å². The Morgan fingerprint density at radius 3 is 2.29 bits per heavy atom. The van der Waals surface area contributed by atoms with Crippen LogP contribution in [0.3, 0.4) is 0 Å². The van der Waals surface area contributed by atoms with E-state index < -0.39 is 15.9 Å². The smallest absolute Gasteiger partial charge is 0.255 e. The zero-order valence-electron chi connectivity index (χ0n) is 18.3. The molecule has 0 aromatic heterocycles. The molecule has 3 aromatic rings. The number of carbonyl (C=O) groups excluding carboxylic acids is 1. The number of benzene rings is 3. The molecule has 0 saturated carbocycles. The Kier molecular flexibility index (Phi) is 6.91. The Labute approximate surface area is 198 Å². The van der Waals surface area contributed by atoms with Gasteiger partial charge in [0.15, 0.2) is 0 Å². The Hall–Kier alpha value is -3.74. The van der Waals surface area contributed by atoms with E-state index in [0.717, 1.165) is 11.3 Å². The minimum atomic E-state index is -3.78. The minimum Gasteiger partial charge on any atom is -0.369 e. The van der Waals surface area contributed by atoms with Crippen molar-refractivity contribution in [3.63, 3.8) is 0 Å². The molecule has 0 atom stereocenters. The number of amides is 1. The fourth-order valence-electron chi connectivity index (χ4n) is 3.79. The van der Waals surface area contributed by atoms with Gasteiger partial charge < -0.3 is 10.2 Å². The van der Waals surface area contributed by atoms with Crippen LogP contribution >= 0.6 is 0 Å². The van der Waals surface area contributed by atoms with Gasteiger partial charge in [0.05, 0.1) is 17.4 Å². The lowest BCUT2D eigenvalue weighted by Gasteiger charge is -2.35. The van der Waals surface area contributed by atoms with Crippen LogP contribution in [0, 0.1) is 17.1 Å². The third-order valence-corrected chi connectivity index (χ3v) is 7.55. The largest absolute Gasteiger partial charge is 0.369 e. The van der Waals surface area contributed by atoms with Crippen LogP contribution in [0.2, 0.25) is 0 Å². The second-order valence-electron chi connectivity index (χ2n) is 7.88. The van der Waals surface area contributed by atoms with Crippen molar-refractivity contribution in [2.24, 2.45) is 0 Å². The van der Waals surface area contributed by atoms with Gasteiger partial charge in [0.25, 0.3) is 5.91 Å². The lowest BCUT2D eigenvalue weighted by atomic mass is 10.1. The quantitative estimate of drug-likeness (QED) is 0.584. The van der Waals surface area contributed by atoms with Gasteiger partial charge in [-0.05, 0) is 60.2 Å². The first-order valence-electron chi connectivity index (χ1n) is 10.7. The van der Waals surface area contributed by atoms with Crippen molar-refractivity contribution in [1.29, 1.82) is 5.26 Å². The van der Waals surface area contributed by atoms with E-state index in [4.69, 9.17) is 5.26 Å². The molecule has 1 aliphatic heterocycles. The van der Waals surface area contributed by atoms with Crippen LogP contribution < -0.4 is 10.2 Å². The standard InChI is InChI=1S/C25H23FN4O3S/c26-21-6-10-23(11-7-21)29-14-16-30(17-15-29)34(32,33)24-3-1-2-20(18-24)25(31)28-22-8-4-19(5-9-22)12-13-27/h1-11,18H,12,14-17H2,(H,28,31). The number of carbonyl (C=O) groups is 1. The Bertz CT molecular complexity index is 1310. The lowest BCUT2D eigenvalue weighted by molar-refractivity contribution is 0.102. The van der Waals surface area contributed by atoms with Gasteiger partial charge in [-0.1, -0.05) is 18.2 Å². The maximum absolute atomic E-state index is 13.2. The van der Waals surface area contributed by atoms with Crippen LogP contribution in [0.4, 0.5) is 15.8 Å². The second kappa shape index (κ2) is 10.0. The second-order valence-corrected chi connectivity index (χ2v) is 9.82. The molecule has 0 unspecified atom stereocenters. The summed E-state index contributed by atoms with van der Waals surface area (Å²) in [6, 6.07) is 21.1. The lowest BCUT2D eigenvalue weighted by Crippen LogP contribution is -2.48. The highest BCUT2D eigenvalue weighted by Gasteiger charge is 2.29. The predicted molar refractivity (Wildman–Crippen MR) is 128 cm³/mol. The van der Waals surface area contributed by atoms with Gasteiger partial charge in [-0.15, -0.1) is 0 Å². The summed E-state index contributed by atoms with van der Waals surface area (Å²) in [5.74, 6) is -0.740. The molecule has 1 heterocycles. The third-order valence-electron chi connectivity index (χ3n) is 5.66. The van der Waals surface area contributed by atoms with Crippen LogP contribution in [0.25, 0.3) is 0 Å². The highest BCUT2D eigenvalue weighted by Crippen LogP contribution is 2.22. The number of sulfonamides is 1. The van der Waals surface area contributed by atoms with E-state index in [1.165, 1.54) is 28.6 Å². The number of nitriles is 1. The summed E-state index contributed by atoms with van der Waals surface area (Å²) >= 11 is 0. The van der Waals surface area contributed by atoms with E-state index >= 15 is 0 Å². The van der Waals surface area contributed by atoms with E-state index in [1.54, 1.807) is 48.5 Å². The normalized spacial score (nSPS) is 14.4. The van der Waals surface area contributed by atoms with Crippen LogP contribution in [0.15, 0.2) is 77.7 Å². The van der Waals surface area contributed by atoms with Crippen molar-refractivity contribution >= 4 is 27.3 Å². The number of nitrogens with one attached hydrogen (secondary N) is 1. The summed E-state index contributed by atoms with van der Waals surface area (Å²) in [6.45, 7) is 1.52. The van der Waals surface area contributed by atoms with E-state index in [2.05, 4.69) is 11.4 Å². The van der Waals surface area contributed by atoms with E-state index in [1.807, 2.05) is 4.90 Å². The molecule has 7 nitrogen and oxygen atoms in total. The van der Waals surface area contributed by atoms with Crippen LogP contribution in [0.1, 0.15) is 15.9 Å². The summed E-state index contributed by atoms with van der Waals surface area (Å²) in [5.41, 5.74) is 2.47. The molecule has 0 spiro atoms.